The first-order chi connectivity index (χ1) is 11.2. The Morgan fingerprint density at radius 2 is 2.25 bits per heavy atom. The zero-order valence-corrected chi connectivity index (χ0v) is 14.6. The number of nitrogens with one attached hydrogen (secondary N) is 1. The van der Waals surface area contributed by atoms with Crippen molar-refractivity contribution in [2.24, 2.45) is 0 Å². The molecule has 1 aromatic heterocycles. The van der Waals surface area contributed by atoms with Gasteiger partial charge in [-0.3, -0.25) is 4.79 Å². The van der Waals surface area contributed by atoms with Gasteiger partial charge < -0.3 is 19.5 Å². The van der Waals surface area contributed by atoms with E-state index < -0.39 is 0 Å². The van der Waals surface area contributed by atoms with Crippen LogP contribution in [0.5, 0.6) is 5.75 Å². The minimum absolute atomic E-state index is 0. The topological polar surface area (TPSA) is 67.6 Å². The number of para-hydroxylation sites is 1. The van der Waals surface area contributed by atoms with Gasteiger partial charge in [0.25, 0.3) is 0 Å². The average molecular weight is 352 g/mol. The lowest BCUT2D eigenvalue weighted by Crippen LogP contribution is -2.49. The van der Waals surface area contributed by atoms with Gasteiger partial charge in [-0.25, -0.2) is 0 Å². The Hall–Kier alpha value is -2.05. The fraction of sp³-hybridized carbons (Fsp3) is 0.412. The van der Waals surface area contributed by atoms with Crippen molar-refractivity contribution >= 4 is 18.3 Å². The van der Waals surface area contributed by atoms with Gasteiger partial charge in [-0.05, 0) is 13.0 Å². The Morgan fingerprint density at radius 3 is 2.96 bits per heavy atom. The van der Waals surface area contributed by atoms with Gasteiger partial charge in [0, 0.05) is 31.3 Å². The summed E-state index contributed by atoms with van der Waals surface area (Å²) in [6, 6.07) is 9.60. The number of rotatable bonds is 4. The van der Waals surface area contributed by atoms with Crippen molar-refractivity contribution in [2.45, 2.75) is 19.4 Å². The lowest BCUT2D eigenvalue weighted by Gasteiger charge is -2.37. The SMILES string of the molecule is COc1ccccc1C1CNCCN1C(=O)Cc1cc(C)on1.Cl. The first kappa shape index (κ1) is 18.3. The molecule has 6 nitrogen and oxygen atoms in total. The summed E-state index contributed by atoms with van der Waals surface area (Å²) in [5, 5.41) is 7.27. The van der Waals surface area contributed by atoms with E-state index in [2.05, 4.69) is 10.5 Å². The zero-order valence-electron chi connectivity index (χ0n) is 13.8. The van der Waals surface area contributed by atoms with Crippen LogP contribution in [-0.2, 0) is 11.2 Å². The van der Waals surface area contributed by atoms with Crippen LogP contribution in [0.3, 0.4) is 0 Å². The Kier molecular flexibility index (Phi) is 6.23. The lowest BCUT2D eigenvalue weighted by atomic mass is 10.0. The van der Waals surface area contributed by atoms with Crippen LogP contribution in [0.25, 0.3) is 0 Å². The minimum Gasteiger partial charge on any atom is -0.496 e. The molecule has 0 bridgehead atoms. The third kappa shape index (κ3) is 3.88. The van der Waals surface area contributed by atoms with Crippen LogP contribution < -0.4 is 10.1 Å². The highest BCUT2D eigenvalue weighted by Gasteiger charge is 2.30. The lowest BCUT2D eigenvalue weighted by molar-refractivity contribution is -0.133. The van der Waals surface area contributed by atoms with Gasteiger partial charge >= 0.3 is 0 Å². The molecule has 7 heteroatoms. The summed E-state index contributed by atoms with van der Waals surface area (Å²) in [5.74, 6) is 1.57. The number of carbonyl (C=O) groups is 1. The predicted octanol–water partition coefficient (Wildman–Crippen LogP) is 2.13. The zero-order chi connectivity index (χ0) is 16.2. The molecule has 24 heavy (non-hydrogen) atoms. The molecule has 1 aliphatic rings. The molecule has 1 aromatic carbocycles. The van der Waals surface area contributed by atoms with Gasteiger partial charge in [0.1, 0.15) is 11.5 Å². The fourth-order valence-corrected chi connectivity index (χ4v) is 2.98. The second-order valence-electron chi connectivity index (χ2n) is 5.65. The third-order valence-corrected chi connectivity index (χ3v) is 4.07. The molecule has 1 unspecified atom stereocenters. The highest BCUT2D eigenvalue weighted by atomic mass is 35.5. The first-order valence-electron chi connectivity index (χ1n) is 7.74. The summed E-state index contributed by atoms with van der Waals surface area (Å²) in [6.07, 6.45) is 0.253. The highest BCUT2D eigenvalue weighted by molar-refractivity contribution is 5.85. The van der Waals surface area contributed by atoms with Crippen LogP contribution in [0.2, 0.25) is 0 Å². The first-order valence-corrected chi connectivity index (χ1v) is 7.74. The maximum Gasteiger partial charge on any atom is 0.229 e. The van der Waals surface area contributed by atoms with E-state index in [4.69, 9.17) is 9.26 Å². The number of ether oxygens (including phenoxy) is 1. The molecule has 1 fully saturated rings. The quantitative estimate of drug-likeness (QED) is 0.914. The number of aryl methyl sites for hydroxylation is 1. The maximum absolute atomic E-state index is 12.7. The molecule has 0 radical (unpaired) electrons. The summed E-state index contributed by atoms with van der Waals surface area (Å²) < 4.78 is 10.5. The monoisotopic (exact) mass is 351 g/mol. The van der Waals surface area contributed by atoms with E-state index in [-0.39, 0.29) is 30.8 Å². The molecule has 1 N–H and O–H groups in total. The van der Waals surface area contributed by atoms with Crippen LogP contribution in [0.15, 0.2) is 34.9 Å². The van der Waals surface area contributed by atoms with E-state index in [1.165, 1.54) is 0 Å². The summed E-state index contributed by atoms with van der Waals surface area (Å²) >= 11 is 0. The molecule has 1 amide bonds. The van der Waals surface area contributed by atoms with Crippen molar-refractivity contribution in [3.05, 3.63) is 47.3 Å². The van der Waals surface area contributed by atoms with E-state index >= 15 is 0 Å². The molecular formula is C17H22ClN3O3. The van der Waals surface area contributed by atoms with Crippen LogP contribution in [0, 0.1) is 6.92 Å². The van der Waals surface area contributed by atoms with E-state index in [0.29, 0.717) is 18.8 Å². The van der Waals surface area contributed by atoms with Crippen LogP contribution in [0.1, 0.15) is 23.1 Å². The molecule has 3 rings (SSSR count). The largest absolute Gasteiger partial charge is 0.496 e. The van der Waals surface area contributed by atoms with Crippen molar-refractivity contribution in [3.8, 4) is 5.75 Å². The van der Waals surface area contributed by atoms with Gasteiger partial charge in [0.2, 0.25) is 5.91 Å². The molecule has 0 spiro atoms. The molecular weight excluding hydrogens is 330 g/mol. The Morgan fingerprint density at radius 1 is 1.46 bits per heavy atom. The molecule has 2 aromatic rings. The van der Waals surface area contributed by atoms with Crippen LogP contribution in [-0.4, -0.2) is 42.7 Å². The van der Waals surface area contributed by atoms with Crippen molar-refractivity contribution in [1.82, 2.24) is 15.4 Å². The van der Waals surface area contributed by atoms with Crippen molar-refractivity contribution < 1.29 is 14.1 Å². The smallest absolute Gasteiger partial charge is 0.229 e. The van der Waals surface area contributed by atoms with E-state index in [1.807, 2.05) is 36.1 Å². The normalized spacial score (nSPS) is 17.2. The maximum atomic E-state index is 12.7. The van der Waals surface area contributed by atoms with Crippen LogP contribution in [0.4, 0.5) is 0 Å². The molecule has 1 aliphatic heterocycles. The summed E-state index contributed by atoms with van der Waals surface area (Å²) in [6.45, 7) is 3.99. The third-order valence-electron chi connectivity index (χ3n) is 4.07. The van der Waals surface area contributed by atoms with Crippen molar-refractivity contribution in [3.63, 3.8) is 0 Å². The summed E-state index contributed by atoms with van der Waals surface area (Å²) in [5.41, 5.74) is 1.69. The average Bonchev–Trinajstić information content (AvgIpc) is 2.99. The second-order valence-corrected chi connectivity index (χ2v) is 5.65. The number of methoxy groups -OCH3 is 1. The number of amides is 1. The van der Waals surface area contributed by atoms with Gasteiger partial charge in [-0.2, -0.15) is 0 Å². The van der Waals surface area contributed by atoms with Gasteiger partial charge in [0.15, 0.2) is 0 Å². The number of nitrogens with zero attached hydrogens (tertiary/aromatic N) is 2. The van der Waals surface area contributed by atoms with E-state index in [9.17, 15) is 4.79 Å². The van der Waals surface area contributed by atoms with Crippen molar-refractivity contribution in [2.75, 3.05) is 26.7 Å². The molecule has 1 saturated heterocycles. The standard InChI is InChI=1S/C17H21N3O3.ClH/c1-12-9-13(19-23-12)10-17(21)20-8-7-18-11-15(20)14-5-3-4-6-16(14)22-2;/h3-6,9,15,18H,7-8,10-11H2,1-2H3;1H. The minimum atomic E-state index is -0.0413. The number of carbonyl (C=O) groups excluding carboxylic acids is 1. The van der Waals surface area contributed by atoms with Gasteiger partial charge in [0.05, 0.1) is 25.3 Å². The van der Waals surface area contributed by atoms with Crippen LogP contribution >= 0.6 is 12.4 Å². The number of piperazine rings is 1. The molecule has 2 heterocycles. The molecule has 130 valence electrons. The number of halogens is 1. The summed E-state index contributed by atoms with van der Waals surface area (Å²) in [7, 11) is 1.65. The van der Waals surface area contributed by atoms with E-state index in [0.717, 1.165) is 23.6 Å². The molecule has 0 aliphatic carbocycles. The number of hydrogen-bond donors (Lipinski definition) is 1. The number of benzene rings is 1. The Bertz CT molecular complexity index is 689. The second kappa shape index (κ2) is 8.17. The fourth-order valence-electron chi connectivity index (χ4n) is 2.98. The number of aromatic nitrogens is 1. The predicted molar refractivity (Wildman–Crippen MR) is 92.5 cm³/mol. The molecule has 0 saturated carbocycles. The van der Waals surface area contributed by atoms with E-state index in [1.54, 1.807) is 13.2 Å². The highest BCUT2D eigenvalue weighted by Crippen LogP contribution is 2.30. The number of hydrogen-bond acceptors (Lipinski definition) is 5. The van der Waals surface area contributed by atoms with Crippen molar-refractivity contribution in [1.29, 1.82) is 0 Å². The van der Waals surface area contributed by atoms with Gasteiger partial charge in [-0.1, -0.05) is 23.4 Å². The Balaban J connectivity index is 0.00000208. The summed E-state index contributed by atoms with van der Waals surface area (Å²) in [4.78, 5) is 14.6. The molecule has 1 atom stereocenters. The van der Waals surface area contributed by atoms with Gasteiger partial charge in [-0.15, -0.1) is 12.4 Å². The Labute approximate surface area is 147 Å².